The topological polar surface area (TPSA) is 23.8 Å². The Bertz CT molecular complexity index is 381. The van der Waals surface area contributed by atoms with Crippen molar-refractivity contribution in [2.45, 2.75) is 20.8 Å². The van der Waals surface area contributed by atoms with Gasteiger partial charge in [0.05, 0.1) is 11.6 Å². The van der Waals surface area contributed by atoms with Crippen molar-refractivity contribution in [3.05, 3.63) is 41.0 Å². The van der Waals surface area contributed by atoms with Crippen LogP contribution in [0.4, 0.5) is 0 Å². The summed E-state index contributed by atoms with van der Waals surface area (Å²) in [6.07, 6.45) is 1.84. The second-order valence-corrected chi connectivity index (χ2v) is 3.11. The lowest BCUT2D eigenvalue weighted by Crippen LogP contribution is -1.85. The van der Waals surface area contributed by atoms with E-state index in [1.807, 2.05) is 31.2 Å². The normalized spacial score (nSPS) is 11.1. The van der Waals surface area contributed by atoms with Gasteiger partial charge in [0, 0.05) is 0 Å². The van der Waals surface area contributed by atoms with Crippen LogP contribution >= 0.6 is 0 Å². The van der Waals surface area contributed by atoms with Crippen LogP contribution in [0.2, 0.25) is 0 Å². The standard InChI is InChI=1S/C12H13N/c1-4-11(8-13)12-6-5-9(2)10(3)7-12/h4-7H,1-3H3/b11-4+. The minimum absolute atomic E-state index is 0.739. The fourth-order valence-electron chi connectivity index (χ4n) is 1.20. The molecule has 1 rings (SSSR count). The summed E-state index contributed by atoms with van der Waals surface area (Å²) < 4.78 is 0. The molecule has 0 aromatic heterocycles. The van der Waals surface area contributed by atoms with E-state index in [0.29, 0.717) is 0 Å². The van der Waals surface area contributed by atoms with Gasteiger partial charge in [-0.05, 0) is 37.5 Å². The Morgan fingerprint density at radius 2 is 2.00 bits per heavy atom. The van der Waals surface area contributed by atoms with Crippen LogP contribution in [0, 0.1) is 25.2 Å². The first-order chi connectivity index (χ1) is 6.19. The lowest BCUT2D eigenvalue weighted by Gasteiger charge is -2.02. The molecule has 0 aliphatic carbocycles. The summed E-state index contributed by atoms with van der Waals surface area (Å²) in [7, 11) is 0. The van der Waals surface area contributed by atoms with Crippen molar-refractivity contribution >= 4 is 5.57 Å². The van der Waals surface area contributed by atoms with Gasteiger partial charge < -0.3 is 0 Å². The second kappa shape index (κ2) is 3.91. The highest BCUT2D eigenvalue weighted by Gasteiger charge is 2.00. The van der Waals surface area contributed by atoms with Gasteiger partial charge >= 0.3 is 0 Å². The molecule has 1 aromatic rings. The minimum atomic E-state index is 0.739. The van der Waals surface area contributed by atoms with Crippen molar-refractivity contribution < 1.29 is 0 Å². The molecule has 0 radical (unpaired) electrons. The molecule has 0 atom stereocenters. The van der Waals surface area contributed by atoms with E-state index in [2.05, 4.69) is 19.9 Å². The highest BCUT2D eigenvalue weighted by molar-refractivity contribution is 5.76. The summed E-state index contributed by atoms with van der Waals surface area (Å²) in [5.74, 6) is 0. The van der Waals surface area contributed by atoms with E-state index in [0.717, 1.165) is 11.1 Å². The fraction of sp³-hybridized carbons (Fsp3) is 0.250. The molecule has 66 valence electrons. The van der Waals surface area contributed by atoms with Crippen LogP contribution in [0.3, 0.4) is 0 Å². The molecule has 0 saturated heterocycles. The number of allylic oxidation sites excluding steroid dienone is 2. The van der Waals surface area contributed by atoms with Gasteiger partial charge in [0.2, 0.25) is 0 Å². The SMILES string of the molecule is C/C=C(\C#N)c1ccc(C)c(C)c1. The maximum atomic E-state index is 8.82. The highest BCUT2D eigenvalue weighted by atomic mass is 14.2. The molecular weight excluding hydrogens is 158 g/mol. The first kappa shape index (κ1) is 9.54. The molecular formula is C12H13N. The fourth-order valence-corrected chi connectivity index (χ4v) is 1.20. The third-order valence-electron chi connectivity index (χ3n) is 2.23. The summed E-state index contributed by atoms with van der Waals surface area (Å²) in [6.45, 7) is 6.01. The van der Waals surface area contributed by atoms with E-state index in [9.17, 15) is 0 Å². The number of nitriles is 1. The molecule has 1 aromatic carbocycles. The zero-order valence-corrected chi connectivity index (χ0v) is 8.26. The summed E-state index contributed by atoms with van der Waals surface area (Å²) >= 11 is 0. The molecule has 0 fully saturated rings. The molecule has 0 N–H and O–H groups in total. The predicted molar refractivity (Wildman–Crippen MR) is 55.2 cm³/mol. The lowest BCUT2D eigenvalue weighted by molar-refractivity contribution is 1.33. The zero-order chi connectivity index (χ0) is 9.84. The number of hydrogen-bond donors (Lipinski definition) is 0. The van der Waals surface area contributed by atoms with E-state index in [1.54, 1.807) is 0 Å². The van der Waals surface area contributed by atoms with Crippen LogP contribution in [0.25, 0.3) is 5.57 Å². The molecule has 13 heavy (non-hydrogen) atoms. The van der Waals surface area contributed by atoms with E-state index in [4.69, 9.17) is 5.26 Å². The third kappa shape index (κ3) is 1.97. The van der Waals surface area contributed by atoms with Gasteiger partial charge in [0.15, 0.2) is 0 Å². The Hall–Kier alpha value is -1.55. The summed E-state index contributed by atoms with van der Waals surface area (Å²) in [6, 6.07) is 8.26. The Kier molecular flexibility index (Phi) is 2.87. The monoisotopic (exact) mass is 171 g/mol. The third-order valence-corrected chi connectivity index (χ3v) is 2.23. The Balaban J connectivity index is 3.20. The quantitative estimate of drug-likeness (QED) is 0.595. The molecule has 0 amide bonds. The Morgan fingerprint density at radius 1 is 1.31 bits per heavy atom. The predicted octanol–water partition coefficient (Wildman–Crippen LogP) is 3.23. The van der Waals surface area contributed by atoms with E-state index < -0.39 is 0 Å². The van der Waals surface area contributed by atoms with Crippen LogP contribution in [0.1, 0.15) is 23.6 Å². The van der Waals surface area contributed by atoms with Crippen LogP contribution in [0.15, 0.2) is 24.3 Å². The van der Waals surface area contributed by atoms with E-state index in [1.165, 1.54) is 11.1 Å². The van der Waals surface area contributed by atoms with Gasteiger partial charge in [0.1, 0.15) is 0 Å². The van der Waals surface area contributed by atoms with Crippen LogP contribution in [-0.4, -0.2) is 0 Å². The van der Waals surface area contributed by atoms with Gasteiger partial charge in [-0.2, -0.15) is 5.26 Å². The van der Waals surface area contributed by atoms with Crippen molar-refractivity contribution in [1.29, 1.82) is 5.26 Å². The van der Waals surface area contributed by atoms with E-state index >= 15 is 0 Å². The largest absolute Gasteiger partial charge is 0.192 e. The lowest BCUT2D eigenvalue weighted by atomic mass is 10.0. The van der Waals surface area contributed by atoms with Crippen molar-refractivity contribution in [1.82, 2.24) is 0 Å². The van der Waals surface area contributed by atoms with Crippen molar-refractivity contribution in [3.8, 4) is 6.07 Å². The van der Waals surface area contributed by atoms with Crippen LogP contribution in [-0.2, 0) is 0 Å². The van der Waals surface area contributed by atoms with Crippen molar-refractivity contribution in [2.75, 3.05) is 0 Å². The Labute approximate surface area is 79.3 Å². The number of hydrogen-bond acceptors (Lipinski definition) is 1. The number of nitrogens with zero attached hydrogens (tertiary/aromatic N) is 1. The summed E-state index contributed by atoms with van der Waals surface area (Å²) in [5.41, 5.74) is 4.24. The highest BCUT2D eigenvalue weighted by Crippen LogP contribution is 2.17. The van der Waals surface area contributed by atoms with Crippen LogP contribution < -0.4 is 0 Å². The average Bonchev–Trinajstić information content (AvgIpc) is 2.13. The number of benzene rings is 1. The van der Waals surface area contributed by atoms with Crippen molar-refractivity contribution in [3.63, 3.8) is 0 Å². The van der Waals surface area contributed by atoms with Crippen molar-refractivity contribution in [2.24, 2.45) is 0 Å². The van der Waals surface area contributed by atoms with Gasteiger partial charge in [-0.25, -0.2) is 0 Å². The second-order valence-electron chi connectivity index (χ2n) is 3.11. The maximum absolute atomic E-state index is 8.82. The van der Waals surface area contributed by atoms with Gasteiger partial charge in [0.25, 0.3) is 0 Å². The average molecular weight is 171 g/mol. The molecule has 0 aliphatic rings. The summed E-state index contributed by atoms with van der Waals surface area (Å²) in [5, 5.41) is 8.82. The molecule has 1 nitrogen and oxygen atoms in total. The number of rotatable bonds is 1. The van der Waals surface area contributed by atoms with Gasteiger partial charge in [-0.15, -0.1) is 0 Å². The molecule has 0 aliphatic heterocycles. The molecule has 0 unspecified atom stereocenters. The first-order valence-corrected chi connectivity index (χ1v) is 4.33. The maximum Gasteiger partial charge on any atom is 0.0994 e. The smallest absolute Gasteiger partial charge is 0.0994 e. The van der Waals surface area contributed by atoms with Gasteiger partial charge in [-0.1, -0.05) is 24.3 Å². The molecule has 0 spiro atoms. The summed E-state index contributed by atoms with van der Waals surface area (Å²) in [4.78, 5) is 0. The van der Waals surface area contributed by atoms with E-state index in [-0.39, 0.29) is 0 Å². The van der Waals surface area contributed by atoms with Gasteiger partial charge in [-0.3, -0.25) is 0 Å². The molecule has 0 heterocycles. The number of aryl methyl sites for hydroxylation is 2. The molecule has 0 bridgehead atoms. The van der Waals surface area contributed by atoms with Crippen LogP contribution in [0.5, 0.6) is 0 Å². The Morgan fingerprint density at radius 3 is 2.46 bits per heavy atom. The molecule has 0 saturated carbocycles. The first-order valence-electron chi connectivity index (χ1n) is 4.33. The minimum Gasteiger partial charge on any atom is -0.192 e. The molecule has 1 heteroatoms. The zero-order valence-electron chi connectivity index (χ0n) is 8.26.